The lowest BCUT2D eigenvalue weighted by Crippen LogP contribution is -2.12. The summed E-state index contributed by atoms with van der Waals surface area (Å²) in [7, 11) is 0. The fraction of sp³-hybridized carbons (Fsp3) is 0. The van der Waals surface area contributed by atoms with Crippen LogP contribution in [-0.4, -0.2) is 10.9 Å². The number of nitrogens with zero attached hydrogens (tertiary/aromatic N) is 1. The summed E-state index contributed by atoms with van der Waals surface area (Å²) < 4.78 is 0.860. The molecule has 106 valence electrons. The second-order valence-electron chi connectivity index (χ2n) is 4.09. The Kier molecular flexibility index (Phi) is 4.40. The smallest absolute Gasteiger partial charge is 0.275 e. The second kappa shape index (κ2) is 6.27. The van der Waals surface area contributed by atoms with Gasteiger partial charge in [-0.15, -0.1) is 22.7 Å². The molecule has 1 amide bonds. The lowest BCUT2D eigenvalue weighted by Gasteiger charge is -2.05. The number of aromatic nitrogens is 1. The van der Waals surface area contributed by atoms with Crippen LogP contribution in [0.15, 0.2) is 45.6 Å². The molecule has 7 heteroatoms. The van der Waals surface area contributed by atoms with Crippen molar-refractivity contribution in [3.05, 3.63) is 56.3 Å². The number of thiazole rings is 1. The molecular weight excluding hydrogens is 392 g/mol. The average Bonchev–Trinajstić information content (AvgIpc) is 3.10. The fourth-order valence-corrected chi connectivity index (χ4v) is 4.00. The molecule has 3 aromatic rings. The Morgan fingerprint density at radius 1 is 1.29 bits per heavy atom. The standard InChI is InChI=1S/C14H8BrClN2OS2/c15-8-3-4-10(9(16)6-8)17-13(19)11-7-21-14(18-11)12-2-1-5-20-12/h1-7H,(H,17,19). The van der Waals surface area contributed by atoms with Gasteiger partial charge in [0.2, 0.25) is 0 Å². The molecule has 0 atom stereocenters. The Labute approximate surface area is 142 Å². The first-order chi connectivity index (χ1) is 10.1. The van der Waals surface area contributed by atoms with Gasteiger partial charge in [0.1, 0.15) is 10.7 Å². The monoisotopic (exact) mass is 398 g/mol. The highest BCUT2D eigenvalue weighted by Crippen LogP contribution is 2.29. The summed E-state index contributed by atoms with van der Waals surface area (Å²) in [6.07, 6.45) is 0. The number of benzene rings is 1. The maximum absolute atomic E-state index is 12.2. The highest BCUT2D eigenvalue weighted by atomic mass is 79.9. The van der Waals surface area contributed by atoms with Crippen LogP contribution in [0.25, 0.3) is 9.88 Å². The number of halogens is 2. The van der Waals surface area contributed by atoms with Crippen LogP contribution in [0.5, 0.6) is 0 Å². The zero-order valence-corrected chi connectivity index (χ0v) is 14.4. The van der Waals surface area contributed by atoms with Gasteiger partial charge >= 0.3 is 0 Å². The van der Waals surface area contributed by atoms with Gasteiger partial charge in [0.05, 0.1) is 15.6 Å². The van der Waals surface area contributed by atoms with Crippen LogP contribution in [0.4, 0.5) is 5.69 Å². The molecule has 0 spiro atoms. The van der Waals surface area contributed by atoms with E-state index in [4.69, 9.17) is 11.6 Å². The maximum Gasteiger partial charge on any atom is 0.275 e. The molecule has 2 heterocycles. The topological polar surface area (TPSA) is 42.0 Å². The number of hydrogen-bond acceptors (Lipinski definition) is 4. The van der Waals surface area contributed by atoms with Crippen LogP contribution in [0, 0.1) is 0 Å². The molecule has 3 rings (SSSR count). The largest absolute Gasteiger partial charge is 0.319 e. The Bertz CT molecular complexity index is 786. The van der Waals surface area contributed by atoms with Crippen LogP contribution >= 0.6 is 50.2 Å². The number of thiophene rings is 1. The van der Waals surface area contributed by atoms with Gasteiger partial charge < -0.3 is 5.32 Å². The number of rotatable bonds is 3. The van der Waals surface area contributed by atoms with Gasteiger partial charge in [-0.1, -0.05) is 33.6 Å². The van der Waals surface area contributed by atoms with E-state index in [1.165, 1.54) is 11.3 Å². The van der Waals surface area contributed by atoms with Crippen LogP contribution in [-0.2, 0) is 0 Å². The summed E-state index contributed by atoms with van der Waals surface area (Å²) in [5.74, 6) is -0.265. The first-order valence-electron chi connectivity index (χ1n) is 5.89. The molecule has 0 aliphatic carbocycles. The van der Waals surface area contributed by atoms with Crippen molar-refractivity contribution in [2.24, 2.45) is 0 Å². The zero-order chi connectivity index (χ0) is 14.8. The minimum atomic E-state index is -0.265. The summed E-state index contributed by atoms with van der Waals surface area (Å²) in [6.45, 7) is 0. The van der Waals surface area contributed by atoms with E-state index < -0.39 is 0 Å². The highest BCUT2D eigenvalue weighted by Gasteiger charge is 2.13. The van der Waals surface area contributed by atoms with Crippen molar-refractivity contribution in [2.75, 3.05) is 5.32 Å². The molecule has 2 aromatic heterocycles. The maximum atomic E-state index is 12.2. The molecule has 0 unspecified atom stereocenters. The minimum Gasteiger partial charge on any atom is -0.319 e. The second-order valence-corrected chi connectivity index (χ2v) is 7.22. The predicted molar refractivity (Wildman–Crippen MR) is 92.5 cm³/mol. The van der Waals surface area contributed by atoms with Gasteiger partial charge in [-0.2, -0.15) is 0 Å². The molecule has 3 nitrogen and oxygen atoms in total. The van der Waals surface area contributed by atoms with Gasteiger partial charge in [-0.05, 0) is 29.6 Å². The van der Waals surface area contributed by atoms with E-state index in [-0.39, 0.29) is 5.91 Å². The average molecular weight is 400 g/mol. The highest BCUT2D eigenvalue weighted by molar-refractivity contribution is 9.10. The molecule has 0 bridgehead atoms. The van der Waals surface area contributed by atoms with Gasteiger partial charge in [-0.3, -0.25) is 4.79 Å². The quantitative estimate of drug-likeness (QED) is 0.628. The molecule has 0 aliphatic rings. The third-order valence-corrected chi connectivity index (χ3v) is 5.34. The SMILES string of the molecule is O=C(Nc1ccc(Br)cc1Cl)c1csc(-c2cccs2)n1. The first kappa shape index (κ1) is 14.7. The Balaban J connectivity index is 1.79. The third-order valence-electron chi connectivity index (χ3n) is 2.65. The molecule has 0 saturated carbocycles. The summed E-state index contributed by atoms with van der Waals surface area (Å²) in [5, 5.41) is 7.82. The number of anilines is 1. The van der Waals surface area contributed by atoms with Crippen LogP contribution in [0.2, 0.25) is 5.02 Å². The number of carbonyl (C=O) groups excluding carboxylic acids is 1. The van der Waals surface area contributed by atoms with Gasteiger partial charge in [0.15, 0.2) is 0 Å². The van der Waals surface area contributed by atoms with Crippen LogP contribution in [0.1, 0.15) is 10.5 Å². The molecule has 0 saturated heterocycles. The van der Waals surface area contributed by atoms with E-state index in [9.17, 15) is 4.79 Å². The summed E-state index contributed by atoms with van der Waals surface area (Å²) >= 11 is 12.5. The molecule has 1 aromatic carbocycles. The molecular formula is C14H8BrClN2OS2. The van der Waals surface area contributed by atoms with Crippen molar-refractivity contribution in [2.45, 2.75) is 0 Å². The molecule has 21 heavy (non-hydrogen) atoms. The third kappa shape index (κ3) is 3.35. The lowest BCUT2D eigenvalue weighted by atomic mass is 10.3. The van der Waals surface area contributed by atoms with E-state index in [1.807, 2.05) is 23.6 Å². The molecule has 1 N–H and O–H groups in total. The van der Waals surface area contributed by atoms with E-state index in [1.54, 1.807) is 28.8 Å². The summed E-state index contributed by atoms with van der Waals surface area (Å²) in [6, 6.07) is 9.24. The molecule has 0 fully saturated rings. The van der Waals surface area contributed by atoms with Crippen LogP contribution < -0.4 is 5.32 Å². The van der Waals surface area contributed by atoms with Crippen molar-refractivity contribution < 1.29 is 4.79 Å². The summed E-state index contributed by atoms with van der Waals surface area (Å²) in [5.41, 5.74) is 0.956. The van der Waals surface area contributed by atoms with E-state index in [0.717, 1.165) is 14.4 Å². The Morgan fingerprint density at radius 3 is 2.86 bits per heavy atom. The number of nitrogens with one attached hydrogen (secondary N) is 1. The van der Waals surface area contributed by atoms with Crippen molar-refractivity contribution in [3.8, 4) is 9.88 Å². The number of amides is 1. The number of carbonyl (C=O) groups is 1. The van der Waals surface area contributed by atoms with E-state index >= 15 is 0 Å². The fourth-order valence-electron chi connectivity index (χ4n) is 1.67. The summed E-state index contributed by atoms with van der Waals surface area (Å²) in [4.78, 5) is 17.6. The van der Waals surface area contributed by atoms with Crippen molar-refractivity contribution in [3.63, 3.8) is 0 Å². The van der Waals surface area contributed by atoms with E-state index in [2.05, 4.69) is 26.2 Å². The predicted octanol–water partition coefficient (Wildman–Crippen LogP) is 5.54. The van der Waals surface area contributed by atoms with E-state index in [0.29, 0.717) is 16.4 Å². The van der Waals surface area contributed by atoms with Gasteiger partial charge in [0, 0.05) is 9.85 Å². The zero-order valence-electron chi connectivity index (χ0n) is 10.5. The number of hydrogen-bond donors (Lipinski definition) is 1. The minimum absolute atomic E-state index is 0.265. The van der Waals surface area contributed by atoms with Gasteiger partial charge in [-0.25, -0.2) is 4.98 Å². The Morgan fingerprint density at radius 2 is 2.14 bits per heavy atom. The van der Waals surface area contributed by atoms with Crippen molar-refractivity contribution in [1.29, 1.82) is 0 Å². The molecule has 0 radical (unpaired) electrons. The van der Waals surface area contributed by atoms with Crippen LogP contribution in [0.3, 0.4) is 0 Å². The molecule has 0 aliphatic heterocycles. The first-order valence-corrected chi connectivity index (χ1v) is 8.82. The van der Waals surface area contributed by atoms with Crippen molar-refractivity contribution >= 4 is 61.8 Å². The van der Waals surface area contributed by atoms with Gasteiger partial charge in [0.25, 0.3) is 5.91 Å². The van der Waals surface area contributed by atoms with Crippen molar-refractivity contribution in [1.82, 2.24) is 4.98 Å². The lowest BCUT2D eigenvalue weighted by molar-refractivity contribution is 0.102. The Hall–Kier alpha value is -1.21. The normalized spacial score (nSPS) is 10.6.